The molecule has 2 atom stereocenters. The van der Waals surface area contributed by atoms with Crippen molar-refractivity contribution in [2.75, 3.05) is 38.0 Å². The number of hydrogen-bond donors (Lipinski definition) is 1. The molecule has 3 saturated heterocycles. The van der Waals surface area contributed by atoms with E-state index < -0.39 is 0 Å². The third-order valence-corrected chi connectivity index (χ3v) is 6.84. The summed E-state index contributed by atoms with van der Waals surface area (Å²) in [6.45, 7) is 8.37. The molecule has 2 aromatic rings. The molecular formula is C18H20N4O3S. The van der Waals surface area contributed by atoms with E-state index in [0.29, 0.717) is 18.1 Å². The number of rotatable bonds is 2. The van der Waals surface area contributed by atoms with Crippen LogP contribution in [0.15, 0.2) is 24.5 Å². The third kappa shape index (κ3) is 2.09. The van der Waals surface area contributed by atoms with Gasteiger partial charge >= 0.3 is 0 Å². The molecule has 0 saturated carbocycles. The zero-order chi connectivity index (χ0) is 17.3. The summed E-state index contributed by atoms with van der Waals surface area (Å²) >= 11 is 1.68. The molecular weight excluding hydrogens is 352 g/mol. The van der Waals surface area contributed by atoms with Crippen LogP contribution in [-0.2, 0) is 4.74 Å². The molecule has 0 bridgehead atoms. The standard InChI is InChI=1S/C18H20N4O3S/c1-10-19-12-4-5-21(11-7-23-8-11)6-13(12)22(10)18-20-16-15(26-18)3-2-14-17(16)25-9-24-14/h2-3,11-13,19H,1,4-9H2. The number of likely N-dealkylation sites (tertiary alicyclic amines) is 1. The molecule has 1 N–H and O–H groups in total. The highest BCUT2D eigenvalue weighted by Crippen LogP contribution is 2.44. The summed E-state index contributed by atoms with van der Waals surface area (Å²) in [6.07, 6.45) is 1.12. The largest absolute Gasteiger partial charge is 0.454 e. The van der Waals surface area contributed by atoms with E-state index >= 15 is 0 Å². The summed E-state index contributed by atoms with van der Waals surface area (Å²) in [5, 5.41) is 4.55. The molecule has 136 valence electrons. The number of piperidine rings is 1. The van der Waals surface area contributed by atoms with Crippen molar-refractivity contribution in [2.45, 2.75) is 24.5 Å². The van der Waals surface area contributed by atoms with Gasteiger partial charge in [0.25, 0.3) is 0 Å². The van der Waals surface area contributed by atoms with E-state index in [1.165, 1.54) is 0 Å². The van der Waals surface area contributed by atoms with Crippen LogP contribution in [0.2, 0.25) is 0 Å². The van der Waals surface area contributed by atoms with Crippen molar-refractivity contribution in [3.63, 3.8) is 0 Å². The van der Waals surface area contributed by atoms with Crippen LogP contribution in [0, 0.1) is 0 Å². The lowest BCUT2D eigenvalue weighted by Crippen LogP contribution is -2.59. The number of nitrogens with one attached hydrogen (secondary N) is 1. The van der Waals surface area contributed by atoms with Gasteiger partial charge in [0.15, 0.2) is 16.6 Å². The van der Waals surface area contributed by atoms with Crippen LogP contribution in [-0.4, -0.2) is 61.1 Å². The third-order valence-electron chi connectivity index (χ3n) is 5.82. The highest BCUT2D eigenvalue weighted by atomic mass is 32.1. The maximum absolute atomic E-state index is 5.64. The van der Waals surface area contributed by atoms with Crippen molar-refractivity contribution in [1.29, 1.82) is 0 Å². The van der Waals surface area contributed by atoms with E-state index in [4.69, 9.17) is 19.2 Å². The SMILES string of the molecule is C=C1NC2CCN(C3COC3)CC2N1c1nc2c3c(ccc2s1)OCO3. The zero-order valence-corrected chi connectivity index (χ0v) is 15.1. The van der Waals surface area contributed by atoms with Gasteiger partial charge in [0.2, 0.25) is 6.79 Å². The minimum Gasteiger partial charge on any atom is -0.454 e. The number of aromatic nitrogens is 1. The predicted octanol–water partition coefficient (Wildman–Crippen LogP) is 1.75. The number of ether oxygens (including phenoxy) is 3. The molecule has 8 heteroatoms. The van der Waals surface area contributed by atoms with Crippen molar-refractivity contribution in [3.8, 4) is 11.5 Å². The van der Waals surface area contributed by atoms with Crippen molar-refractivity contribution >= 4 is 26.7 Å². The highest BCUT2D eigenvalue weighted by Gasteiger charge is 2.44. The van der Waals surface area contributed by atoms with Gasteiger partial charge in [0.1, 0.15) is 11.3 Å². The Labute approximate surface area is 155 Å². The van der Waals surface area contributed by atoms with Crippen molar-refractivity contribution < 1.29 is 14.2 Å². The van der Waals surface area contributed by atoms with Gasteiger partial charge in [-0.15, -0.1) is 0 Å². The van der Waals surface area contributed by atoms with Crippen molar-refractivity contribution in [2.24, 2.45) is 0 Å². The summed E-state index contributed by atoms with van der Waals surface area (Å²) in [6, 6.07) is 5.37. The summed E-state index contributed by atoms with van der Waals surface area (Å²) in [7, 11) is 0. The molecule has 7 nitrogen and oxygen atoms in total. The normalized spacial score (nSPS) is 28.3. The van der Waals surface area contributed by atoms with Gasteiger partial charge in [0.05, 0.1) is 36.0 Å². The van der Waals surface area contributed by atoms with Crippen molar-refractivity contribution in [1.82, 2.24) is 15.2 Å². The Morgan fingerprint density at radius 2 is 2.19 bits per heavy atom. The summed E-state index contributed by atoms with van der Waals surface area (Å²) in [4.78, 5) is 9.74. The first kappa shape index (κ1) is 15.1. The van der Waals surface area contributed by atoms with Gasteiger partial charge in [-0.3, -0.25) is 9.80 Å². The summed E-state index contributed by atoms with van der Waals surface area (Å²) in [5.74, 6) is 2.48. The number of thiazole rings is 1. The fourth-order valence-corrected chi connectivity index (χ4v) is 5.39. The van der Waals surface area contributed by atoms with Crippen LogP contribution in [0.25, 0.3) is 10.2 Å². The molecule has 0 radical (unpaired) electrons. The van der Waals surface area contributed by atoms with Crippen LogP contribution in [0.3, 0.4) is 0 Å². The van der Waals surface area contributed by atoms with Gasteiger partial charge in [-0.2, -0.15) is 0 Å². The Morgan fingerprint density at radius 1 is 1.27 bits per heavy atom. The molecule has 26 heavy (non-hydrogen) atoms. The average molecular weight is 372 g/mol. The highest BCUT2D eigenvalue weighted by molar-refractivity contribution is 7.22. The van der Waals surface area contributed by atoms with E-state index in [0.717, 1.165) is 65.4 Å². The topological polar surface area (TPSA) is 59.1 Å². The Kier molecular flexibility index (Phi) is 3.18. The molecule has 0 amide bonds. The molecule has 1 aromatic heterocycles. The van der Waals surface area contributed by atoms with E-state index in [1.54, 1.807) is 11.3 Å². The minimum atomic E-state index is 0.266. The zero-order valence-electron chi connectivity index (χ0n) is 14.3. The molecule has 3 fully saturated rings. The van der Waals surface area contributed by atoms with E-state index in [1.807, 2.05) is 6.07 Å². The maximum atomic E-state index is 5.64. The second-order valence-corrected chi connectivity index (χ2v) is 8.26. The second-order valence-electron chi connectivity index (χ2n) is 7.25. The van der Waals surface area contributed by atoms with Crippen LogP contribution < -0.4 is 19.7 Å². The first-order chi connectivity index (χ1) is 12.8. The lowest BCUT2D eigenvalue weighted by atomic mass is 9.98. The molecule has 0 spiro atoms. The lowest BCUT2D eigenvalue weighted by Gasteiger charge is -2.44. The summed E-state index contributed by atoms with van der Waals surface area (Å²) < 4.78 is 17.6. The molecule has 0 aliphatic carbocycles. The lowest BCUT2D eigenvalue weighted by molar-refractivity contribution is -0.0727. The second kappa shape index (κ2) is 5.48. The van der Waals surface area contributed by atoms with E-state index in [9.17, 15) is 0 Å². The Bertz CT molecular complexity index is 896. The van der Waals surface area contributed by atoms with E-state index in [2.05, 4.69) is 27.8 Å². The van der Waals surface area contributed by atoms with Crippen LogP contribution in [0.5, 0.6) is 11.5 Å². The molecule has 1 aromatic carbocycles. The first-order valence-corrected chi connectivity index (χ1v) is 9.85. The number of fused-ring (bicyclic) bond motifs is 4. The average Bonchev–Trinajstić information content (AvgIpc) is 3.26. The number of benzene rings is 1. The molecule has 5 heterocycles. The quantitative estimate of drug-likeness (QED) is 0.862. The summed E-state index contributed by atoms with van der Waals surface area (Å²) in [5.41, 5.74) is 0.885. The fourth-order valence-electron chi connectivity index (χ4n) is 4.34. The molecule has 4 aliphatic heterocycles. The van der Waals surface area contributed by atoms with Crippen LogP contribution in [0.1, 0.15) is 6.42 Å². The first-order valence-electron chi connectivity index (χ1n) is 9.03. The number of nitrogens with zero attached hydrogens (tertiary/aromatic N) is 3. The molecule has 4 aliphatic rings. The predicted molar refractivity (Wildman–Crippen MR) is 98.9 cm³/mol. The van der Waals surface area contributed by atoms with Gasteiger partial charge in [-0.25, -0.2) is 4.98 Å². The Balaban J connectivity index is 1.36. The molecule has 6 rings (SSSR count). The Hall–Kier alpha value is -2.03. The number of hydrogen-bond acceptors (Lipinski definition) is 8. The minimum absolute atomic E-state index is 0.266. The van der Waals surface area contributed by atoms with Gasteiger partial charge < -0.3 is 19.5 Å². The Morgan fingerprint density at radius 3 is 3.04 bits per heavy atom. The van der Waals surface area contributed by atoms with Crippen LogP contribution in [0.4, 0.5) is 5.13 Å². The van der Waals surface area contributed by atoms with Gasteiger partial charge in [-0.1, -0.05) is 17.9 Å². The smallest absolute Gasteiger partial charge is 0.231 e. The van der Waals surface area contributed by atoms with Gasteiger partial charge in [0, 0.05) is 13.1 Å². The van der Waals surface area contributed by atoms with E-state index in [-0.39, 0.29) is 6.79 Å². The van der Waals surface area contributed by atoms with Crippen LogP contribution >= 0.6 is 11.3 Å². The maximum Gasteiger partial charge on any atom is 0.231 e. The monoisotopic (exact) mass is 372 g/mol. The molecule has 2 unspecified atom stereocenters. The van der Waals surface area contributed by atoms with Crippen molar-refractivity contribution in [3.05, 3.63) is 24.5 Å². The fraction of sp³-hybridized carbons (Fsp3) is 0.500. The van der Waals surface area contributed by atoms with Gasteiger partial charge in [-0.05, 0) is 18.6 Å². The number of anilines is 1.